The predicted octanol–water partition coefficient (Wildman–Crippen LogP) is 3.89. The Kier molecular flexibility index (Phi) is 5.30. The summed E-state index contributed by atoms with van der Waals surface area (Å²) in [5, 5.41) is 11.8. The van der Waals surface area contributed by atoms with Crippen LogP contribution in [0.2, 0.25) is 0 Å². The Balaban J connectivity index is 1.50. The smallest absolute Gasteiger partial charge is 0.262 e. The quantitative estimate of drug-likeness (QED) is 0.526. The number of nitrogens with zero attached hydrogens (tertiary/aromatic N) is 3. The lowest BCUT2D eigenvalue weighted by Gasteiger charge is -2.10. The highest BCUT2D eigenvalue weighted by molar-refractivity contribution is 5.95. The lowest BCUT2D eigenvalue weighted by molar-refractivity contribution is -0.118. The van der Waals surface area contributed by atoms with Gasteiger partial charge in [0.15, 0.2) is 18.2 Å². The molecule has 0 aliphatic carbocycles. The van der Waals surface area contributed by atoms with Crippen molar-refractivity contribution in [3.05, 3.63) is 72.0 Å². The second kappa shape index (κ2) is 8.20. The third kappa shape index (κ3) is 4.07. The maximum absolute atomic E-state index is 13.6. The molecular formula is C22H19FN4O3. The number of amides is 1. The van der Waals surface area contributed by atoms with Crippen molar-refractivity contribution in [2.75, 3.05) is 19.0 Å². The molecule has 30 heavy (non-hydrogen) atoms. The monoisotopic (exact) mass is 406 g/mol. The van der Waals surface area contributed by atoms with Crippen LogP contribution in [0.15, 0.2) is 60.7 Å². The van der Waals surface area contributed by atoms with E-state index >= 15 is 0 Å². The minimum absolute atomic E-state index is 0.0299. The number of benzene rings is 3. The van der Waals surface area contributed by atoms with E-state index in [2.05, 4.69) is 15.5 Å². The van der Waals surface area contributed by atoms with E-state index in [0.29, 0.717) is 16.7 Å². The Bertz CT molecular complexity index is 1200. The fourth-order valence-electron chi connectivity index (χ4n) is 2.92. The molecule has 1 heterocycles. The summed E-state index contributed by atoms with van der Waals surface area (Å²) in [5.41, 5.74) is 3.52. The first-order valence-electron chi connectivity index (χ1n) is 9.23. The molecule has 1 amide bonds. The molecule has 0 saturated heterocycles. The van der Waals surface area contributed by atoms with Crippen LogP contribution in [-0.2, 0) is 4.79 Å². The number of halogens is 1. The molecular weight excluding hydrogens is 387 g/mol. The first-order chi connectivity index (χ1) is 14.5. The molecule has 0 bridgehead atoms. The summed E-state index contributed by atoms with van der Waals surface area (Å²) in [6.07, 6.45) is 0. The van der Waals surface area contributed by atoms with Crippen molar-refractivity contribution in [2.24, 2.45) is 0 Å². The van der Waals surface area contributed by atoms with E-state index in [0.717, 1.165) is 17.0 Å². The van der Waals surface area contributed by atoms with Gasteiger partial charge in [-0.1, -0.05) is 12.1 Å². The van der Waals surface area contributed by atoms with Gasteiger partial charge in [0.2, 0.25) is 0 Å². The van der Waals surface area contributed by atoms with Crippen LogP contribution in [0.3, 0.4) is 0 Å². The Morgan fingerprint density at radius 1 is 1.07 bits per heavy atom. The van der Waals surface area contributed by atoms with E-state index in [1.54, 1.807) is 25.3 Å². The zero-order chi connectivity index (χ0) is 21.1. The van der Waals surface area contributed by atoms with Crippen LogP contribution >= 0.6 is 0 Å². The molecule has 152 valence electrons. The lowest BCUT2D eigenvalue weighted by Crippen LogP contribution is -2.21. The average Bonchev–Trinajstić information content (AvgIpc) is 3.16. The Morgan fingerprint density at radius 2 is 1.77 bits per heavy atom. The molecule has 0 fully saturated rings. The van der Waals surface area contributed by atoms with Crippen molar-refractivity contribution in [2.45, 2.75) is 6.92 Å². The number of para-hydroxylation sites is 1. The number of rotatable bonds is 6. The number of hydrogen-bond acceptors (Lipinski definition) is 5. The first-order valence-corrected chi connectivity index (χ1v) is 9.23. The number of nitrogens with one attached hydrogen (secondary N) is 1. The predicted molar refractivity (Wildman–Crippen MR) is 111 cm³/mol. The van der Waals surface area contributed by atoms with Crippen LogP contribution in [0.4, 0.5) is 10.1 Å². The average molecular weight is 406 g/mol. The molecule has 0 spiro atoms. The molecule has 7 nitrogen and oxygen atoms in total. The normalized spacial score (nSPS) is 10.8. The molecule has 8 heteroatoms. The summed E-state index contributed by atoms with van der Waals surface area (Å²) in [6, 6.07) is 16.9. The van der Waals surface area contributed by atoms with Crippen LogP contribution in [0.25, 0.3) is 16.7 Å². The highest BCUT2D eigenvalue weighted by Gasteiger charge is 2.12. The molecule has 4 rings (SSSR count). The molecule has 1 N–H and O–H groups in total. The maximum Gasteiger partial charge on any atom is 0.262 e. The second-order valence-electron chi connectivity index (χ2n) is 6.61. The summed E-state index contributed by atoms with van der Waals surface area (Å²) in [5.74, 6) is -0.141. The highest BCUT2D eigenvalue weighted by atomic mass is 19.1. The van der Waals surface area contributed by atoms with Gasteiger partial charge in [-0.25, -0.2) is 4.39 Å². The Labute approximate surface area is 172 Å². The van der Waals surface area contributed by atoms with Crippen molar-refractivity contribution in [1.29, 1.82) is 0 Å². The van der Waals surface area contributed by atoms with Crippen molar-refractivity contribution in [3.8, 4) is 17.2 Å². The van der Waals surface area contributed by atoms with E-state index in [1.165, 1.54) is 16.9 Å². The number of anilines is 1. The van der Waals surface area contributed by atoms with Crippen molar-refractivity contribution in [1.82, 2.24) is 15.0 Å². The van der Waals surface area contributed by atoms with E-state index in [-0.39, 0.29) is 12.4 Å². The number of carbonyl (C=O) groups is 1. The van der Waals surface area contributed by atoms with Gasteiger partial charge in [-0.2, -0.15) is 4.80 Å². The van der Waals surface area contributed by atoms with Gasteiger partial charge in [-0.05, 0) is 61.0 Å². The van der Waals surface area contributed by atoms with Gasteiger partial charge in [0.05, 0.1) is 12.8 Å². The van der Waals surface area contributed by atoms with Crippen LogP contribution < -0.4 is 14.8 Å². The number of methoxy groups -OCH3 is 1. The third-order valence-electron chi connectivity index (χ3n) is 4.50. The molecule has 4 aromatic rings. The van der Waals surface area contributed by atoms with Gasteiger partial charge < -0.3 is 14.8 Å². The zero-order valence-electron chi connectivity index (χ0n) is 16.4. The van der Waals surface area contributed by atoms with Crippen molar-refractivity contribution < 1.29 is 18.7 Å². The Morgan fingerprint density at radius 3 is 2.47 bits per heavy atom. The molecule has 0 radical (unpaired) electrons. The summed E-state index contributed by atoms with van der Waals surface area (Å²) >= 11 is 0. The number of fused-ring (bicyclic) bond motifs is 1. The Hall–Kier alpha value is -3.94. The maximum atomic E-state index is 13.6. The molecule has 0 aliphatic heterocycles. The zero-order valence-corrected chi connectivity index (χ0v) is 16.4. The molecule has 0 saturated carbocycles. The van der Waals surface area contributed by atoms with Gasteiger partial charge >= 0.3 is 0 Å². The van der Waals surface area contributed by atoms with Crippen LogP contribution in [-0.4, -0.2) is 34.6 Å². The summed E-state index contributed by atoms with van der Waals surface area (Å²) < 4.78 is 24.0. The van der Waals surface area contributed by atoms with Crippen LogP contribution in [0, 0.1) is 12.7 Å². The fraction of sp³-hybridized carbons (Fsp3) is 0.136. The largest absolute Gasteiger partial charge is 0.497 e. The number of aryl methyl sites for hydroxylation is 1. The van der Waals surface area contributed by atoms with Gasteiger partial charge in [0.25, 0.3) is 5.91 Å². The van der Waals surface area contributed by atoms with Gasteiger partial charge in [0.1, 0.15) is 16.8 Å². The van der Waals surface area contributed by atoms with Crippen LogP contribution in [0.5, 0.6) is 11.5 Å². The standard InChI is InChI=1S/C22H19FN4O3/c1-14-11-19-20(26-27(25-19)15-7-9-16(29-2)10-8-15)12-18(14)24-22(28)13-30-21-6-4-3-5-17(21)23/h3-12H,13H2,1-2H3,(H,24,28). The van der Waals surface area contributed by atoms with E-state index in [1.807, 2.05) is 37.3 Å². The van der Waals surface area contributed by atoms with E-state index in [4.69, 9.17) is 9.47 Å². The summed E-state index contributed by atoms with van der Waals surface area (Å²) in [6.45, 7) is 1.55. The molecule has 0 aliphatic rings. The van der Waals surface area contributed by atoms with E-state index in [9.17, 15) is 9.18 Å². The topological polar surface area (TPSA) is 78.3 Å². The second-order valence-corrected chi connectivity index (χ2v) is 6.61. The van der Waals surface area contributed by atoms with Crippen LogP contribution in [0.1, 0.15) is 5.56 Å². The fourth-order valence-corrected chi connectivity index (χ4v) is 2.92. The van der Waals surface area contributed by atoms with Crippen molar-refractivity contribution >= 4 is 22.6 Å². The van der Waals surface area contributed by atoms with Gasteiger partial charge in [-0.15, -0.1) is 10.2 Å². The minimum atomic E-state index is -0.516. The highest BCUT2D eigenvalue weighted by Crippen LogP contribution is 2.23. The number of carbonyl (C=O) groups excluding carboxylic acids is 1. The SMILES string of the molecule is COc1ccc(-n2nc3cc(C)c(NC(=O)COc4ccccc4F)cc3n2)cc1. The van der Waals surface area contributed by atoms with E-state index < -0.39 is 11.7 Å². The molecule has 0 atom stereocenters. The lowest BCUT2D eigenvalue weighted by atomic mass is 10.1. The third-order valence-corrected chi connectivity index (χ3v) is 4.50. The van der Waals surface area contributed by atoms with Crippen molar-refractivity contribution in [3.63, 3.8) is 0 Å². The first kappa shape index (κ1) is 19.4. The number of aromatic nitrogens is 3. The number of hydrogen-bond donors (Lipinski definition) is 1. The molecule has 1 aromatic heterocycles. The summed E-state index contributed by atoms with van der Waals surface area (Å²) in [4.78, 5) is 13.8. The number of ether oxygens (including phenoxy) is 2. The molecule has 0 unspecified atom stereocenters. The van der Waals surface area contributed by atoms with Gasteiger partial charge in [-0.3, -0.25) is 4.79 Å². The molecule has 3 aromatic carbocycles. The minimum Gasteiger partial charge on any atom is -0.497 e. The summed E-state index contributed by atoms with van der Waals surface area (Å²) in [7, 11) is 1.61. The van der Waals surface area contributed by atoms with Gasteiger partial charge in [0, 0.05) is 5.69 Å².